The molecule has 3 aromatic rings. The third-order valence-corrected chi connectivity index (χ3v) is 7.75. The first kappa shape index (κ1) is 36.3. The van der Waals surface area contributed by atoms with Gasteiger partial charge in [-0.2, -0.15) is 9.15 Å². The number of allylic oxidation sites excluding steroid dienone is 2. The number of para-hydroxylation sites is 2. The molecule has 14 heteroatoms. The molecule has 2 aliphatic rings. The molecular formula is C32H38N4O8S2. The van der Waals surface area contributed by atoms with Crippen LogP contribution in [0.2, 0.25) is 0 Å². The van der Waals surface area contributed by atoms with Gasteiger partial charge in [0.15, 0.2) is 11.4 Å². The van der Waals surface area contributed by atoms with Gasteiger partial charge in [0.1, 0.15) is 14.1 Å². The zero-order valence-corrected chi connectivity index (χ0v) is 27.9. The predicted molar refractivity (Wildman–Crippen MR) is 177 cm³/mol. The average Bonchev–Trinajstić information content (AvgIpc) is 3.26. The maximum atomic E-state index is 8.63. The fraction of sp³-hybridized carbons (Fsp3) is 0.250. The van der Waals surface area contributed by atoms with E-state index in [2.05, 4.69) is 147 Å². The third kappa shape index (κ3) is 9.42. The Morgan fingerprint density at radius 3 is 1.17 bits per heavy atom. The highest BCUT2D eigenvalue weighted by Crippen LogP contribution is 2.40. The summed E-state index contributed by atoms with van der Waals surface area (Å²) in [6, 6.07) is 25.7. The lowest BCUT2D eigenvalue weighted by atomic mass is 9.81. The first-order valence-corrected chi connectivity index (χ1v) is 16.7. The molecule has 4 N–H and O–H groups in total. The second-order valence-corrected chi connectivity index (χ2v) is 13.3. The molecule has 0 amide bonds. The zero-order chi connectivity index (χ0) is 34.5. The molecule has 12 nitrogen and oxygen atoms in total. The van der Waals surface area contributed by atoms with Crippen LogP contribution in [0.15, 0.2) is 97.3 Å². The number of nitrogens with one attached hydrogen (secondary N) is 2. The molecule has 0 aliphatic carbocycles. The molecular weight excluding hydrogens is 633 g/mol. The highest BCUT2D eigenvalue weighted by atomic mass is 32.3. The standard InChI is InChI=1S/C32H34N4.2H2O4S/c1-31(2)25-11-7-9-13-27(25)35(5)29(31)19-21-33-23-15-17-24(18-16-23)34-22-20-30-32(3,4)26-12-8-10-14-28(26)36(30)6;2*1-5(2,3)4/h7-22H,1-6H3;2*(H2,1,2,3,4). The van der Waals surface area contributed by atoms with Gasteiger partial charge in [-0.25, -0.2) is 16.8 Å². The van der Waals surface area contributed by atoms with Crippen molar-refractivity contribution in [2.75, 3.05) is 24.7 Å². The van der Waals surface area contributed by atoms with Crippen LogP contribution in [-0.4, -0.2) is 69.7 Å². The Morgan fingerprint density at radius 1 is 0.609 bits per heavy atom. The minimum absolute atomic E-state index is 0.0228. The maximum absolute atomic E-state index is 8.63. The van der Waals surface area contributed by atoms with Crippen molar-refractivity contribution in [1.82, 2.24) is 0 Å². The molecule has 5 rings (SSSR count). The molecule has 246 valence electrons. The van der Waals surface area contributed by atoms with Gasteiger partial charge in [-0.15, -0.1) is 0 Å². The van der Waals surface area contributed by atoms with Crippen LogP contribution in [0.4, 0.5) is 22.7 Å². The smallest absolute Gasteiger partial charge is 0.215 e. The topological polar surface area (TPSA) is 185 Å². The lowest BCUT2D eigenvalue weighted by molar-refractivity contribution is -0.401. The summed E-state index contributed by atoms with van der Waals surface area (Å²) in [6.07, 6.45) is 8.44. The second-order valence-electron chi connectivity index (χ2n) is 11.6. The summed E-state index contributed by atoms with van der Waals surface area (Å²) in [6.45, 7) is 9.13. The molecule has 0 unspecified atom stereocenters. The Balaban J connectivity index is 0.000000503. The highest BCUT2D eigenvalue weighted by Gasteiger charge is 2.43. The molecule has 0 aromatic heterocycles. The number of benzene rings is 3. The molecule has 0 fully saturated rings. The van der Waals surface area contributed by atoms with Gasteiger partial charge in [0, 0.05) is 59.2 Å². The SMILES string of the molecule is C[N+]1=C(/C=C/Nc2ccc(N/C=C/C3=[N+](C)c4ccccc4C3(C)C)cc2)C(C)(C)c2ccccc21.O=S(=O)([O-])O.O=S(=O)([O-])O. The largest absolute Gasteiger partial charge is 0.726 e. The van der Waals surface area contributed by atoms with Crippen LogP contribution in [0, 0.1) is 0 Å². The van der Waals surface area contributed by atoms with Crippen LogP contribution < -0.4 is 10.6 Å². The summed E-state index contributed by atoms with van der Waals surface area (Å²) >= 11 is 0. The summed E-state index contributed by atoms with van der Waals surface area (Å²) in [7, 11) is -5.55. The Morgan fingerprint density at radius 2 is 0.891 bits per heavy atom. The van der Waals surface area contributed by atoms with E-state index in [0.717, 1.165) is 11.4 Å². The molecule has 46 heavy (non-hydrogen) atoms. The van der Waals surface area contributed by atoms with Gasteiger partial charge in [-0.1, -0.05) is 36.4 Å². The second kappa shape index (κ2) is 14.1. The zero-order valence-electron chi connectivity index (χ0n) is 26.3. The van der Waals surface area contributed by atoms with E-state index >= 15 is 0 Å². The number of nitrogens with zero attached hydrogens (tertiary/aromatic N) is 2. The molecule has 2 aliphatic heterocycles. The van der Waals surface area contributed by atoms with Crippen LogP contribution >= 0.6 is 0 Å². The van der Waals surface area contributed by atoms with E-state index < -0.39 is 20.8 Å². The van der Waals surface area contributed by atoms with Crippen molar-refractivity contribution in [3.05, 3.63) is 108 Å². The Hall–Kier alpha value is -4.18. The number of hydrogen-bond acceptors (Lipinski definition) is 8. The van der Waals surface area contributed by atoms with Gasteiger partial charge in [0.2, 0.25) is 32.2 Å². The molecule has 0 saturated heterocycles. The van der Waals surface area contributed by atoms with Gasteiger partial charge in [-0.3, -0.25) is 9.11 Å². The number of hydrogen-bond donors (Lipinski definition) is 4. The molecule has 0 spiro atoms. The van der Waals surface area contributed by atoms with Gasteiger partial charge in [0.05, 0.1) is 10.8 Å². The Bertz CT molecular complexity index is 1770. The molecule has 0 saturated carbocycles. The van der Waals surface area contributed by atoms with Crippen LogP contribution in [0.3, 0.4) is 0 Å². The van der Waals surface area contributed by atoms with Crippen molar-refractivity contribution < 1.29 is 44.2 Å². The lowest BCUT2D eigenvalue weighted by Gasteiger charge is -2.15. The highest BCUT2D eigenvalue weighted by molar-refractivity contribution is 7.80. The van der Waals surface area contributed by atoms with Gasteiger partial charge < -0.3 is 19.7 Å². The van der Waals surface area contributed by atoms with Crippen molar-refractivity contribution in [3.63, 3.8) is 0 Å². The van der Waals surface area contributed by atoms with Crippen molar-refractivity contribution in [3.8, 4) is 0 Å². The molecule has 3 aromatic carbocycles. The Kier molecular flexibility index (Phi) is 11.1. The van der Waals surface area contributed by atoms with E-state index in [4.69, 9.17) is 35.0 Å². The normalized spacial score (nSPS) is 16.4. The lowest BCUT2D eigenvalue weighted by Crippen LogP contribution is -2.26. The summed E-state index contributed by atoms with van der Waals surface area (Å²) in [5.74, 6) is 0. The van der Waals surface area contributed by atoms with Crippen molar-refractivity contribution in [2.24, 2.45) is 0 Å². The van der Waals surface area contributed by atoms with Crippen molar-refractivity contribution in [2.45, 2.75) is 38.5 Å². The first-order valence-electron chi connectivity index (χ1n) is 14.0. The average molecular weight is 671 g/mol. The monoisotopic (exact) mass is 670 g/mol. The van der Waals surface area contributed by atoms with Crippen molar-refractivity contribution in [1.29, 1.82) is 0 Å². The fourth-order valence-electron chi connectivity index (χ4n) is 5.70. The van der Waals surface area contributed by atoms with E-state index in [1.54, 1.807) is 0 Å². The van der Waals surface area contributed by atoms with E-state index in [9.17, 15) is 0 Å². The van der Waals surface area contributed by atoms with Crippen LogP contribution in [0.1, 0.15) is 38.8 Å². The first-order chi connectivity index (χ1) is 21.2. The summed E-state index contributed by atoms with van der Waals surface area (Å²) in [5, 5.41) is 6.85. The molecule has 0 bridgehead atoms. The molecule has 0 radical (unpaired) electrons. The van der Waals surface area contributed by atoms with Gasteiger partial charge in [-0.05, 0) is 52.0 Å². The van der Waals surface area contributed by atoms with Crippen LogP contribution in [0.5, 0.6) is 0 Å². The number of fused-ring (bicyclic) bond motifs is 2. The van der Waals surface area contributed by atoms with E-state index in [1.165, 1.54) is 33.9 Å². The third-order valence-electron chi connectivity index (χ3n) is 7.75. The number of rotatable bonds is 6. The van der Waals surface area contributed by atoms with Crippen LogP contribution in [-0.2, 0) is 31.6 Å². The quantitative estimate of drug-likeness (QED) is 0.159. The minimum Gasteiger partial charge on any atom is -0.726 e. The van der Waals surface area contributed by atoms with Crippen molar-refractivity contribution >= 4 is 55.0 Å². The van der Waals surface area contributed by atoms with E-state index in [1.807, 2.05) is 12.4 Å². The fourth-order valence-corrected chi connectivity index (χ4v) is 5.70. The predicted octanol–water partition coefficient (Wildman–Crippen LogP) is 4.96. The molecule has 0 atom stereocenters. The Labute approximate surface area is 270 Å². The van der Waals surface area contributed by atoms with E-state index in [0.29, 0.717) is 0 Å². The van der Waals surface area contributed by atoms with Crippen LogP contribution in [0.25, 0.3) is 0 Å². The molecule has 2 heterocycles. The van der Waals surface area contributed by atoms with Gasteiger partial charge >= 0.3 is 0 Å². The van der Waals surface area contributed by atoms with E-state index in [-0.39, 0.29) is 10.8 Å². The van der Waals surface area contributed by atoms with Gasteiger partial charge in [0.25, 0.3) is 0 Å². The minimum atomic E-state index is -4.92. The number of anilines is 2. The maximum Gasteiger partial charge on any atom is 0.215 e. The summed E-state index contributed by atoms with van der Waals surface area (Å²) in [5.41, 5.74) is 9.90. The summed E-state index contributed by atoms with van der Waals surface area (Å²) in [4.78, 5) is 0. The summed E-state index contributed by atoms with van der Waals surface area (Å²) < 4.78 is 70.2.